The molecular weight excluding hydrogens is 452 g/mol. The number of rotatable bonds is 5. The molecule has 2 aromatic heterocycles. The lowest BCUT2D eigenvalue weighted by molar-refractivity contribution is -0.117. The van der Waals surface area contributed by atoms with Gasteiger partial charge in [0, 0.05) is 19.0 Å². The van der Waals surface area contributed by atoms with Crippen molar-refractivity contribution in [1.82, 2.24) is 19.2 Å². The van der Waals surface area contributed by atoms with Gasteiger partial charge in [0.05, 0.1) is 28.0 Å². The zero-order chi connectivity index (χ0) is 23.8. The van der Waals surface area contributed by atoms with Crippen LogP contribution in [0.2, 0.25) is 0 Å². The van der Waals surface area contributed by atoms with Gasteiger partial charge in [-0.3, -0.25) is 23.4 Å². The Labute approximate surface area is 199 Å². The smallest absolute Gasteiger partial charge is 0.263 e. The van der Waals surface area contributed by atoms with Crippen LogP contribution in [0.5, 0.6) is 0 Å². The van der Waals surface area contributed by atoms with Crippen molar-refractivity contribution in [2.45, 2.75) is 31.1 Å². The van der Waals surface area contributed by atoms with Gasteiger partial charge in [-0.25, -0.2) is 0 Å². The van der Waals surface area contributed by atoms with Crippen molar-refractivity contribution in [3.8, 4) is 0 Å². The Bertz CT molecular complexity index is 1510. The van der Waals surface area contributed by atoms with Gasteiger partial charge in [-0.2, -0.15) is 0 Å². The van der Waals surface area contributed by atoms with E-state index in [9.17, 15) is 14.4 Å². The number of hydrogen-bond donors (Lipinski definition) is 1. The minimum Gasteiger partial charge on any atom is -0.324 e. The molecule has 172 valence electrons. The molecule has 5 rings (SSSR count). The molecule has 0 saturated heterocycles. The lowest BCUT2D eigenvalue weighted by Gasteiger charge is -2.27. The molecule has 2 amide bonds. The number of allylic oxidation sites excluding steroid dienone is 1. The number of para-hydroxylation sites is 3. The Balaban J connectivity index is 1.52. The molecule has 0 spiro atoms. The highest BCUT2D eigenvalue weighted by atomic mass is 32.2. The maximum atomic E-state index is 13.4. The van der Waals surface area contributed by atoms with Crippen LogP contribution in [0, 0.1) is 0 Å². The van der Waals surface area contributed by atoms with E-state index in [2.05, 4.69) is 22.1 Å². The second-order valence-electron chi connectivity index (χ2n) is 8.01. The second-order valence-corrected chi connectivity index (χ2v) is 8.95. The summed E-state index contributed by atoms with van der Waals surface area (Å²) in [5, 5.41) is 12.4. The molecule has 1 aliphatic rings. The summed E-state index contributed by atoms with van der Waals surface area (Å²) in [7, 11) is 0. The van der Waals surface area contributed by atoms with Gasteiger partial charge in [0.1, 0.15) is 0 Å². The summed E-state index contributed by atoms with van der Waals surface area (Å²) in [6, 6.07) is 14.2. The van der Waals surface area contributed by atoms with Crippen LogP contribution in [0.15, 0.2) is 71.1 Å². The van der Waals surface area contributed by atoms with Gasteiger partial charge in [0.15, 0.2) is 5.16 Å². The molecule has 3 heterocycles. The van der Waals surface area contributed by atoms with Crippen LogP contribution in [0.4, 0.5) is 11.4 Å². The van der Waals surface area contributed by atoms with Gasteiger partial charge in [-0.05, 0) is 31.2 Å². The third kappa shape index (κ3) is 3.65. The molecule has 0 saturated carbocycles. The number of fused-ring (bicyclic) bond motifs is 4. The highest BCUT2D eigenvalue weighted by Crippen LogP contribution is 2.32. The Morgan fingerprint density at radius 2 is 1.94 bits per heavy atom. The number of nitrogens with zero attached hydrogens (tertiary/aromatic N) is 5. The summed E-state index contributed by atoms with van der Waals surface area (Å²) in [5.74, 6) is 0.199. The average molecular weight is 475 g/mol. The van der Waals surface area contributed by atoms with E-state index in [0.717, 1.165) is 0 Å². The predicted molar refractivity (Wildman–Crippen MR) is 132 cm³/mol. The number of benzene rings is 2. The van der Waals surface area contributed by atoms with E-state index in [1.807, 2.05) is 43.3 Å². The van der Waals surface area contributed by atoms with E-state index in [1.54, 1.807) is 27.5 Å². The Morgan fingerprint density at radius 3 is 2.76 bits per heavy atom. The van der Waals surface area contributed by atoms with Crippen LogP contribution >= 0.6 is 11.8 Å². The Hall–Kier alpha value is -3.92. The van der Waals surface area contributed by atoms with Crippen LogP contribution in [0.3, 0.4) is 0 Å². The van der Waals surface area contributed by atoms with Crippen LogP contribution < -0.4 is 15.8 Å². The number of nitrogens with one attached hydrogen (secondary N) is 1. The van der Waals surface area contributed by atoms with Gasteiger partial charge in [-0.15, -0.1) is 16.8 Å². The van der Waals surface area contributed by atoms with Crippen LogP contribution in [0.25, 0.3) is 16.7 Å². The zero-order valence-corrected chi connectivity index (χ0v) is 19.3. The fraction of sp³-hybridized carbons (Fsp3) is 0.208. The first kappa shape index (κ1) is 21.9. The third-order valence-corrected chi connectivity index (χ3v) is 6.66. The van der Waals surface area contributed by atoms with Crippen LogP contribution in [0.1, 0.15) is 13.3 Å². The molecule has 4 aromatic rings. The SMILES string of the molecule is C=CCn1c(=O)c2ccccc2n2c(SCC(=O)N3c4ccccc4NC(=O)CC3C)nnc12. The van der Waals surface area contributed by atoms with Gasteiger partial charge in [0.25, 0.3) is 5.56 Å². The molecule has 10 heteroatoms. The zero-order valence-electron chi connectivity index (χ0n) is 18.5. The van der Waals surface area contributed by atoms with E-state index >= 15 is 0 Å². The van der Waals surface area contributed by atoms with Crippen molar-refractivity contribution in [2.75, 3.05) is 16.0 Å². The highest BCUT2D eigenvalue weighted by molar-refractivity contribution is 7.99. The van der Waals surface area contributed by atoms with Crippen LogP contribution in [-0.2, 0) is 16.1 Å². The van der Waals surface area contributed by atoms with Crippen molar-refractivity contribution in [3.05, 3.63) is 71.5 Å². The van der Waals surface area contributed by atoms with Gasteiger partial charge in [0.2, 0.25) is 17.6 Å². The van der Waals surface area contributed by atoms with Crippen molar-refractivity contribution in [2.24, 2.45) is 0 Å². The van der Waals surface area contributed by atoms with E-state index in [-0.39, 0.29) is 42.1 Å². The summed E-state index contributed by atoms with van der Waals surface area (Å²) >= 11 is 1.24. The first-order valence-electron chi connectivity index (χ1n) is 10.8. The minimum absolute atomic E-state index is 0.0859. The topological polar surface area (TPSA) is 102 Å². The lowest BCUT2D eigenvalue weighted by atomic mass is 10.2. The van der Waals surface area contributed by atoms with E-state index in [4.69, 9.17) is 0 Å². The molecule has 0 fully saturated rings. The number of carbonyl (C=O) groups is 2. The summed E-state index contributed by atoms with van der Waals surface area (Å²) < 4.78 is 3.31. The number of amides is 2. The first-order chi connectivity index (χ1) is 16.5. The van der Waals surface area contributed by atoms with Crippen molar-refractivity contribution in [1.29, 1.82) is 0 Å². The molecule has 1 atom stereocenters. The Kier molecular flexibility index (Phi) is 5.66. The molecule has 34 heavy (non-hydrogen) atoms. The predicted octanol–water partition coefficient (Wildman–Crippen LogP) is 3.09. The molecule has 0 radical (unpaired) electrons. The van der Waals surface area contributed by atoms with Crippen molar-refractivity contribution < 1.29 is 9.59 Å². The Morgan fingerprint density at radius 1 is 1.18 bits per heavy atom. The van der Waals surface area contributed by atoms with Gasteiger partial charge in [-0.1, -0.05) is 42.1 Å². The summed E-state index contributed by atoms with van der Waals surface area (Å²) in [5.41, 5.74) is 1.78. The molecule has 1 unspecified atom stereocenters. The average Bonchev–Trinajstić information content (AvgIpc) is 3.20. The number of hydrogen-bond acceptors (Lipinski definition) is 6. The second kappa shape index (κ2) is 8.79. The molecule has 0 aliphatic carbocycles. The van der Waals surface area contributed by atoms with Crippen molar-refractivity contribution in [3.63, 3.8) is 0 Å². The minimum atomic E-state index is -0.300. The number of carbonyl (C=O) groups excluding carboxylic acids is 2. The number of thioether (sulfide) groups is 1. The molecule has 2 aromatic carbocycles. The summed E-state index contributed by atoms with van der Waals surface area (Å²) in [4.78, 5) is 40.3. The van der Waals surface area contributed by atoms with Crippen molar-refractivity contribution >= 4 is 51.6 Å². The molecule has 9 nitrogen and oxygen atoms in total. The van der Waals surface area contributed by atoms with Gasteiger partial charge < -0.3 is 10.2 Å². The standard InChI is InChI=1S/C24H22N6O3S/c1-3-12-28-22(33)16-8-4-6-10-18(16)30-23(28)26-27-24(30)34-14-21(32)29-15(2)13-20(31)25-17-9-5-7-11-19(17)29/h3-11,15H,1,12-14H2,2H3,(H,25,31). The number of anilines is 2. The molecule has 1 N–H and O–H groups in total. The molecular formula is C24H22N6O3S. The maximum absolute atomic E-state index is 13.4. The fourth-order valence-corrected chi connectivity index (χ4v) is 5.08. The maximum Gasteiger partial charge on any atom is 0.263 e. The van der Waals surface area contributed by atoms with E-state index in [1.165, 1.54) is 16.3 Å². The summed E-state index contributed by atoms with van der Waals surface area (Å²) in [6.07, 6.45) is 1.84. The monoisotopic (exact) mass is 474 g/mol. The normalized spacial score (nSPS) is 15.7. The van der Waals surface area contributed by atoms with E-state index < -0.39 is 0 Å². The van der Waals surface area contributed by atoms with Gasteiger partial charge >= 0.3 is 0 Å². The third-order valence-electron chi connectivity index (χ3n) is 5.74. The number of aromatic nitrogens is 4. The largest absolute Gasteiger partial charge is 0.324 e. The lowest BCUT2D eigenvalue weighted by Crippen LogP contribution is -2.40. The highest BCUT2D eigenvalue weighted by Gasteiger charge is 2.30. The van der Waals surface area contributed by atoms with Crippen LogP contribution in [-0.4, -0.2) is 42.8 Å². The summed E-state index contributed by atoms with van der Waals surface area (Å²) in [6.45, 7) is 5.89. The first-order valence-corrected chi connectivity index (χ1v) is 11.8. The molecule has 0 bridgehead atoms. The molecule has 1 aliphatic heterocycles. The van der Waals surface area contributed by atoms with E-state index in [0.29, 0.717) is 33.2 Å². The fourth-order valence-electron chi connectivity index (χ4n) is 4.28. The quantitative estimate of drug-likeness (QED) is 0.352.